The largest absolute Gasteiger partial charge is 0.591 e. The normalized spacial score (nSPS) is 13.8. The van der Waals surface area contributed by atoms with Crippen LogP contribution in [-0.4, -0.2) is 20.7 Å². The molecule has 0 aliphatic rings. The number of rotatable bonds is 3. The molecule has 1 aromatic carbocycles. The van der Waals surface area contributed by atoms with Crippen LogP contribution in [0.15, 0.2) is 39.3 Å². The molecule has 0 saturated carbocycles. The van der Waals surface area contributed by atoms with Crippen molar-refractivity contribution in [2.75, 3.05) is 0 Å². The van der Waals surface area contributed by atoms with Gasteiger partial charge in [0.25, 0.3) is 0 Å². The summed E-state index contributed by atoms with van der Waals surface area (Å²) in [6.45, 7) is 5.52. The molecule has 1 aromatic heterocycles. The van der Waals surface area contributed by atoms with Gasteiger partial charge in [0.05, 0.1) is 0 Å². The van der Waals surface area contributed by atoms with Crippen LogP contribution < -0.4 is 0 Å². The van der Waals surface area contributed by atoms with Crippen LogP contribution in [0, 0.1) is 5.82 Å². The summed E-state index contributed by atoms with van der Waals surface area (Å²) in [6, 6.07) is 7.56. The van der Waals surface area contributed by atoms with Crippen molar-refractivity contribution in [3.63, 3.8) is 0 Å². The number of nitrogens with zero attached hydrogens (tertiary/aromatic N) is 2. The van der Waals surface area contributed by atoms with E-state index >= 15 is 0 Å². The number of hydrogen-bond acceptors (Lipinski definition) is 4. The fourth-order valence-electron chi connectivity index (χ4n) is 1.36. The van der Waals surface area contributed by atoms with Gasteiger partial charge < -0.3 is 9.08 Å². The van der Waals surface area contributed by atoms with Gasteiger partial charge >= 0.3 is 0 Å². The third kappa shape index (κ3) is 3.68. The minimum Gasteiger partial charge on any atom is -0.591 e. The molecule has 0 spiro atoms. The lowest BCUT2D eigenvalue weighted by atomic mass is 10.1. The standard InChI is InChI=1S/C14H15FN2O2S/c1-14(2,3)20(18)16-9-12-8-13(19-17-12)10-4-6-11(15)7-5-10/h4-9H,1-3H3/b16-9+/t20-/m1/s1. The predicted octanol–water partition coefficient (Wildman–Crippen LogP) is 3.36. The van der Waals surface area contributed by atoms with Crippen molar-refractivity contribution in [1.82, 2.24) is 5.16 Å². The van der Waals surface area contributed by atoms with E-state index in [0.717, 1.165) is 5.56 Å². The summed E-state index contributed by atoms with van der Waals surface area (Å²) in [5, 5.41) is 3.82. The molecule has 0 unspecified atom stereocenters. The molecule has 0 radical (unpaired) electrons. The van der Waals surface area contributed by atoms with Crippen LogP contribution >= 0.6 is 0 Å². The quantitative estimate of drug-likeness (QED) is 0.644. The molecule has 0 fully saturated rings. The first-order valence-electron chi connectivity index (χ1n) is 6.05. The van der Waals surface area contributed by atoms with Gasteiger partial charge in [0.1, 0.15) is 33.8 Å². The first kappa shape index (κ1) is 14.7. The lowest BCUT2D eigenvalue weighted by Crippen LogP contribution is -2.25. The zero-order chi connectivity index (χ0) is 14.8. The molecule has 6 heteroatoms. The van der Waals surface area contributed by atoms with Gasteiger partial charge in [0, 0.05) is 11.6 Å². The Labute approximate surface area is 120 Å². The van der Waals surface area contributed by atoms with Crippen LogP contribution in [-0.2, 0) is 11.4 Å². The maximum absolute atomic E-state index is 12.8. The average molecular weight is 294 g/mol. The molecule has 1 atom stereocenters. The molecule has 0 amide bonds. The Hall–Kier alpha value is -1.66. The van der Waals surface area contributed by atoms with Crippen molar-refractivity contribution in [3.05, 3.63) is 41.8 Å². The van der Waals surface area contributed by atoms with Gasteiger partial charge in [-0.05, 0) is 45.0 Å². The van der Waals surface area contributed by atoms with E-state index in [0.29, 0.717) is 11.5 Å². The minimum absolute atomic E-state index is 0.310. The van der Waals surface area contributed by atoms with Gasteiger partial charge in [0.15, 0.2) is 5.76 Å². The van der Waals surface area contributed by atoms with Crippen molar-refractivity contribution in [2.45, 2.75) is 25.5 Å². The number of hydrogen-bond donors (Lipinski definition) is 0. The van der Waals surface area contributed by atoms with Crippen molar-refractivity contribution in [2.24, 2.45) is 4.40 Å². The Bertz CT molecular complexity index is 602. The maximum Gasteiger partial charge on any atom is 0.167 e. The highest BCUT2D eigenvalue weighted by Crippen LogP contribution is 2.21. The molecule has 1 heterocycles. The molecule has 0 aliphatic heterocycles. The highest BCUT2D eigenvalue weighted by molar-refractivity contribution is 7.91. The SMILES string of the molecule is CC(C)(C)[S@@+]([O-])/N=C/c1cc(-c2ccc(F)cc2)on1. The molecule has 2 aromatic rings. The van der Waals surface area contributed by atoms with Crippen LogP contribution in [0.5, 0.6) is 0 Å². The number of aromatic nitrogens is 1. The number of benzene rings is 1. The van der Waals surface area contributed by atoms with E-state index in [1.165, 1.54) is 18.3 Å². The Morgan fingerprint density at radius 1 is 1.30 bits per heavy atom. The molecule has 2 rings (SSSR count). The Balaban J connectivity index is 2.13. The molecule has 106 valence electrons. The fraction of sp³-hybridized carbons (Fsp3) is 0.286. The van der Waals surface area contributed by atoms with Gasteiger partial charge in [-0.3, -0.25) is 0 Å². The van der Waals surface area contributed by atoms with E-state index in [4.69, 9.17) is 4.52 Å². The first-order valence-corrected chi connectivity index (χ1v) is 7.15. The molecule has 0 bridgehead atoms. The molecule has 0 N–H and O–H groups in total. The first-order chi connectivity index (χ1) is 9.36. The third-order valence-corrected chi connectivity index (χ3v) is 3.81. The number of halogens is 1. The van der Waals surface area contributed by atoms with Crippen molar-refractivity contribution in [3.8, 4) is 11.3 Å². The highest BCUT2D eigenvalue weighted by Gasteiger charge is 2.25. The lowest BCUT2D eigenvalue weighted by molar-refractivity contribution is 0.431. The van der Waals surface area contributed by atoms with Crippen molar-refractivity contribution in [1.29, 1.82) is 0 Å². The van der Waals surface area contributed by atoms with Crippen LogP contribution in [0.4, 0.5) is 4.39 Å². The second-order valence-electron chi connectivity index (χ2n) is 5.22. The van der Waals surface area contributed by atoms with E-state index in [9.17, 15) is 8.94 Å². The van der Waals surface area contributed by atoms with Crippen LogP contribution in [0.25, 0.3) is 11.3 Å². The van der Waals surface area contributed by atoms with E-state index in [1.807, 2.05) is 20.8 Å². The second-order valence-corrected chi connectivity index (χ2v) is 7.15. The second kappa shape index (κ2) is 5.76. The van der Waals surface area contributed by atoms with Crippen molar-refractivity contribution >= 4 is 17.6 Å². The van der Waals surface area contributed by atoms with E-state index in [1.54, 1.807) is 18.2 Å². The lowest BCUT2D eigenvalue weighted by Gasteiger charge is -2.17. The van der Waals surface area contributed by atoms with Crippen LogP contribution in [0.1, 0.15) is 26.5 Å². The minimum atomic E-state index is -1.34. The molecule has 0 saturated heterocycles. The highest BCUT2D eigenvalue weighted by atomic mass is 32.2. The van der Waals surface area contributed by atoms with Crippen LogP contribution in [0.2, 0.25) is 0 Å². The Morgan fingerprint density at radius 3 is 2.55 bits per heavy atom. The summed E-state index contributed by atoms with van der Waals surface area (Å²) in [6.07, 6.45) is 1.41. The summed E-state index contributed by atoms with van der Waals surface area (Å²) >= 11 is -1.34. The Kier molecular flexibility index (Phi) is 4.25. The third-order valence-electron chi connectivity index (χ3n) is 2.46. The molecular formula is C14H15FN2O2S. The predicted molar refractivity (Wildman–Crippen MR) is 77.4 cm³/mol. The summed E-state index contributed by atoms with van der Waals surface area (Å²) in [4.78, 5) is 0. The maximum atomic E-state index is 12.8. The molecular weight excluding hydrogens is 279 g/mol. The summed E-state index contributed by atoms with van der Waals surface area (Å²) in [5.74, 6) is 0.198. The van der Waals surface area contributed by atoms with E-state index in [-0.39, 0.29) is 5.82 Å². The summed E-state index contributed by atoms with van der Waals surface area (Å²) < 4.78 is 33.3. The van der Waals surface area contributed by atoms with Gasteiger partial charge in [-0.15, -0.1) is 0 Å². The topological polar surface area (TPSA) is 61.5 Å². The van der Waals surface area contributed by atoms with Gasteiger partial charge in [0.2, 0.25) is 0 Å². The monoisotopic (exact) mass is 294 g/mol. The van der Waals surface area contributed by atoms with E-state index < -0.39 is 16.1 Å². The summed E-state index contributed by atoms with van der Waals surface area (Å²) in [7, 11) is 0. The Morgan fingerprint density at radius 2 is 1.95 bits per heavy atom. The van der Waals surface area contributed by atoms with Gasteiger partial charge in [-0.1, -0.05) is 9.55 Å². The van der Waals surface area contributed by atoms with Crippen LogP contribution in [0.3, 0.4) is 0 Å². The van der Waals surface area contributed by atoms with Crippen molar-refractivity contribution < 1.29 is 13.5 Å². The van der Waals surface area contributed by atoms with E-state index in [2.05, 4.69) is 9.55 Å². The summed E-state index contributed by atoms with van der Waals surface area (Å²) in [5.41, 5.74) is 1.19. The van der Waals surface area contributed by atoms with Gasteiger partial charge in [-0.2, -0.15) is 0 Å². The smallest absolute Gasteiger partial charge is 0.167 e. The molecule has 4 nitrogen and oxygen atoms in total. The molecule has 20 heavy (non-hydrogen) atoms. The average Bonchev–Trinajstić information content (AvgIpc) is 2.84. The fourth-order valence-corrected chi connectivity index (χ4v) is 1.88. The van der Waals surface area contributed by atoms with Gasteiger partial charge in [-0.25, -0.2) is 4.39 Å². The zero-order valence-electron chi connectivity index (χ0n) is 11.5. The zero-order valence-corrected chi connectivity index (χ0v) is 12.3. The molecule has 0 aliphatic carbocycles.